The van der Waals surface area contributed by atoms with Crippen LogP contribution in [-0.2, 0) is 4.79 Å². The highest BCUT2D eigenvalue weighted by Crippen LogP contribution is 2.25. The summed E-state index contributed by atoms with van der Waals surface area (Å²) in [6.07, 6.45) is 2.20. The molecule has 0 atom stereocenters. The second-order valence-electron chi connectivity index (χ2n) is 6.84. The number of furan rings is 1. The van der Waals surface area contributed by atoms with Crippen molar-refractivity contribution >= 4 is 23.4 Å². The molecule has 0 saturated heterocycles. The fraction of sp³-hybridized carbons (Fsp3) is 0.286. The van der Waals surface area contributed by atoms with Crippen molar-refractivity contribution in [2.75, 3.05) is 13.1 Å². The molecule has 3 rings (SSSR count). The van der Waals surface area contributed by atoms with E-state index in [1.54, 1.807) is 35.2 Å². The molecule has 1 aromatic carbocycles. The second kappa shape index (κ2) is 9.43. The molecule has 8 heteroatoms. The van der Waals surface area contributed by atoms with E-state index in [1.807, 2.05) is 32.0 Å². The molecule has 0 radical (unpaired) electrons. The number of amides is 2. The van der Waals surface area contributed by atoms with Gasteiger partial charge in [0.15, 0.2) is 11.5 Å². The zero-order valence-electron chi connectivity index (χ0n) is 16.3. The van der Waals surface area contributed by atoms with E-state index in [0.29, 0.717) is 36.0 Å². The number of hydrogen-bond acceptors (Lipinski definition) is 4. The number of nitrogens with one attached hydrogen (secondary N) is 2. The third kappa shape index (κ3) is 5.26. The van der Waals surface area contributed by atoms with Crippen LogP contribution < -0.4 is 10.6 Å². The molecule has 2 aromatic heterocycles. The molecule has 0 aliphatic rings. The average Bonchev–Trinajstić information content (AvgIpc) is 3.37. The van der Waals surface area contributed by atoms with Crippen molar-refractivity contribution in [2.24, 2.45) is 5.92 Å². The molecule has 152 valence electrons. The molecule has 2 N–H and O–H groups in total. The van der Waals surface area contributed by atoms with E-state index in [-0.39, 0.29) is 23.4 Å². The van der Waals surface area contributed by atoms with Crippen molar-refractivity contribution in [3.63, 3.8) is 0 Å². The molecule has 0 spiro atoms. The summed E-state index contributed by atoms with van der Waals surface area (Å²) in [4.78, 5) is 24.1. The fourth-order valence-electron chi connectivity index (χ4n) is 2.67. The Morgan fingerprint density at radius 2 is 1.86 bits per heavy atom. The third-order valence-electron chi connectivity index (χ3n) is 4.25. The van der Waals surface area contributed by atoms with Crippen LogP contribution >= 0.6 is 11.6 Å². The molecular formula is C21H23ClN4O3. The summed E-state index contributed by atoms with van der Waals surface area (Å²) >= 11 is 5.98. The highest BCUT2D eigenvalue weighted by atomic mass is 35.5. The predicted octanol–water partition coefficient (Wildman–Crippen LogP) is 3.68. The zero-order valence-corrected chi connectivity index (χ0v) is 17.1. The normalized spacial score (nSPS) is 10.9. The number of aromatic nitrogens is 2. The Balaban J connectivity index is 1.69. The fourth-order valence-corrected chi connectivity index (χ4v) is 2.79. The molecule has 3 aromatic rings. The van der Waals surface area contributed by atoms with Crippen molar-refractivity contribution in [1.82, 2.24) is 20.4 Å². The predicted molar refractivity (Wildman–Crippen MR) is 111 cm³/mol. The SMILES string of the molecule is CC(C)C(=O)NCCCNC(=O)c1cc(-c2ccco2)n(-c2ccc(Cl)cc2)n1. The lowest BCUT2D eigenvalue weighted by Gasteiger charge is -2.07. The number of hydrogen-bond donors (Lipinski definition) is 2. The van der Waals surface area contributed by atoms with E-state index >= 15 is 0 Å². The number of rotatable bonds is 8. The molecular weight excluding hydrogens is 392 g/mol. The molecule has 7 nitrogen and oxygen atoms in total. The van der Waals surface area contributed by atoms with E-state index in [0.717, 1.165) is 5.69 Å². The maximum Gasteiger partial charge on any atom is 0.271 e. The van der Waals surface area contributed by atoms with Gasteiger partial charge in [0.1, 0.15) is 5.69 Å². The number of nitrogens with zero attached hydrogens (tertiary/aromatic N) is 2. The Kier molecular flexibility index (Phi) is 6.72. The topological polar surface area (TPSA) is 89.2 Å². The van der Waals surface area contributed by atoms with Crippen LogP contribution in [0.3, 0.4) is 0 Å². The van der Waals surface area contributed by atoms with Gasteiger partial charge in [0.05, 0.1) is 12.0 Å². The Labute approximate surface area is 174 Å². The number of carbonyl (C=O) groups is 2. The lowest BCUT2D eigenvalue weighted by atomic mass is 10.2. The van der Waals surface area contributed by atoms with Gasteiger partial charge < -0.3 is 15.1 Å². The monoisotopic (exact) mass is 414 g/mol. The Morgan fingerprint density at radius 3 is 2.52 bits per heavy atom. The number of carbonyl (C=O) groups excluding carboxylic acids is 2. The van der Waals surface area contributed by atoms with Crippen LogP contribution in [0.25, 0.3) is 17.1 Å². The molecule has 2 heterocycles. The van der Waals surface area contributed by atoms with Gasteiger partial charge in [-0.05, 0) is 42.8 Å². The van der Waals surface area contributed by atoms with Crippen LogP contribution in [0.5, 0.6) is 0 Å². The minimum atomic E-state index is -0.291. The van der Waals surface area contributed by atoms with Crippen molar-refractivity contribution in [1.29, 1.82) is 0 Å². The van der Waals surface area contributed by atoms with E-state index in [1.165, 1.54) is 0 Å². The van der Waals surface area contributed by atoms with Crippen LogP contribution in [0.15, 0.2) is 53.1 Å². The standard InChI is InChI=1S/C21H23ClN4O3/c1-14(2)20(27)23-10-4-11-24-21(28)17-13-18(19-5-3-12-29-19)26(25-17)16-8-6-15(22)7-9-16/h3,5-9,12-14H,4,10-11H2,1-2H3,(H,23,27)(H,24,28). The Morgan fingerprint density at radius 1 is 1.14 bits per heavy atom. The minimum Gasteiger partial charge on any atom is -0.463 e. The largest absolute Gasteiger partial charge is 0.463 e. The number of benzene rings is 1. The maximum atomic E-state index is 12.5. The van der Waals surface area contributed by atoms with E-state index in [4.69, 9.17) is 16.0 Å². The summed E-state index contributed by atoms with van der Waals surface area (Å²) in [6.45, 7) is 4.62. The van der Waals surface area contributed by atoms with Crippen LogP contribution in [0, 0.1) is 5.92 Å². The first kappa shape index (κ1) is 20.7. The van der Waals surface area contributed by atoms with Crippen LogP contribution in [-0.4, -0.2) is 34.7 Å². The van der Waals surface area contributed by atoms with Gasteiger partial charge in [0.2, 0.25) is 5.91 Å². The molecule has 0 unspecified atom stereocenters. The lowest BCUT2D eigenvalue weighted by molar-refractivity contribution is -0.123. The molecule has 0 saturated carbocycles. The van der Waals surface area contributed by atoms with Crippen molar-refractivity contribution in [2.45, 2.75) is 20.3 Å². The van der Waals surface area contributed by atoms with Crippen LogP contribution in [0.1, 0.15) is 30.8 Å². The molecule has 0 aliphatic carbocycles. The smallest absolute Gasteiger partial charge is 0.271 e. The highest BCUT2D eigenvalue weighted by Gasteiger charge is 2.18. The summed E-state index contributed by atoms with van der Waals surface area (Å²) in [5.41, 5.74) is 1.69. The van der Waals surface area contributed by atoms with Crippen molar-refractivity contribution in [3.8, 4) is 17.1 Å². The van der Waals surface area contributed by atoms with Gasteiger partial charge in [-0.25, -0.2) is 4.68 Å². The molecule has 0 fully saturated rings. The van der Waals surface area contributed by atoms with E-state index in [9.17, 15) is 9.59 Å². The first-order valence-corrected chi connectivity index (χ1v) is 9.79. The molecule has 29 heavy (non-hydrogen) atoms. The Bertz CT molecular complexity index is 962. The molecule has 0 bridgehead atoms. The van der Waals surface area contributed by atoms with Crippen LogP contribution in [0.4, 0.5) is 0 Å². The Hall–Kier alpha value is -3.06. The van der Waals surface area contributed by atoms with Gasteiger partial charge >= 0.3 is 0 Å². The second-order valence-corrected chi connectivity index (χ2v) is 7.27. The maximum absolute atomic E-state index is 12.5. The molecule has 0 aliphatic heterocycles. The lowest BCUT2D eigenvalue weighted by Crippen LogP contribution is -2.32. The van der Waals surface area contributed by atoms with Gasteiger partial charge in [-0.15, -0.1) is 0 Å². The van der Waals surface area contributed by atoms with E-state index < -0.39 is 0 Å². The highest BCUT2D eigenvalue weighted by molar-refractivity contribution is 6.30. The van der Waals surface area contributed by atoms with Crippen molar-refractivity contribution in [3.05, 3.63) is 59.4 Å². The first-order valence-electron chi connectivity index (χ1n) is 9.41. The van der Waals surface area contributed by atoms with Crippen LogP contribution in [0.2, 0.25) is 5.02 Å². The summed E-state index contributed by atoms with van der Waals surface area (Å²) in [7, 11) is 0. The molecule has 2 amide bonds. The third-order valence-corrected chi connectivity index (χ3v) is 4.50. The van der Waals surface area contributed by atoms with Gasteiger partial charge in [-0.2, -0.15) is 5.10 Å². The summed E-state index contributed by atoms with van der Waals surface area (Å²) < 4.78 is 7.14. The van der Waals surface area contributed by atoms with Gasteiger partial charge in [0.25, 0.3) is 5.91 Å². The quantitative estimate of drug-likeness (QED) is 0.550. The number of halogens is 1. The summed E-state index contributed by atoms with van der Waals surface area (Å²) in [5, 5.41) is 10.7. The first-order chi connectivity index (χ1) is 14.0. The zero-order chi connectivity index (χ0) is 20.8. The van der Waals surface area contributed by atoms with E-state index in [2.05, 4.69) is 15.7 Å². The minimum absolute atomic E-state index is 0.00104. The summed E-state index contributed by atoms with van der Waals surface area (Å²) in [6, 6.07) is 12.4. The average molecular weight is 415 g/mol. The van der Waals surface area contributed by atoms with Gasteiger partial charge in [0, 0.05) is 30.1 Å². The van der Waals surface area contributed by atoms with Gasteiger partial charge in [-0.1, -0.05) is 25.4 Å². The van der Waals surface area contributed by atoms with Gasteiger partial charge in [-0.3, -0.25) is 9.59 Å². The summed E-state index contributed by atoms with van der Waals surface area (Å²) in [5.74, 6) is 0.256. The van der Waals surface area contributed by atoms with Crippen molar-refractivity contribution < 1.29 is 14.0 Å².